The standard InChI is InChI=1S/C8H12F7N/c9-6(10,8(14,15)16)4-2-1-3-5-7(11,12)13/h1-5,16H2. The van der Waals surface area contributed by atoms with Gasteiger partial charge in [-0.05, 0) is 12.8 Å². The largest absolute Gasteiger partial charge is 0.389 e. The fourth-order valence-electron chi connectivity index (χ4n) is 1.02. The molecule has 16 heavy (non-hydrogen) atoms. The van der Waals surface area contributed by atoms with Gasteiger partial charge in [-0.25, -0.2) is 0 Å². The lowest BCUT2D eigenvalue weighted by Crippen LogP contribution is -2.48. The van der Waals surface area contributed by atoms with E-state index in [4.69, 9.17) is 0 Å². The van der Waals surface area contributed by atoms with Gasteiger partial charge in [0.2, 0.25) is 0 Å². The Hall–Kier alpha value is -0.530. The highest BCUT2D eigenvalue weighted by Crippen LogP contribution is 2.34. The summed E-state index contributed by atoms with van der Waals surface area (Å²) in [6.07, 6.45) is -7.62. The summed E-state index contributed by atoms with van der Waals surface area (Å²) in [6.45, 7) is 0. The molecule has 1 nitrogen and oxygen atoms in total. The van der Waals surface area contributed by atoms with Crippen molar-refractivity contribution in [2.24, 2.45) is 5.73 Å². The number of halogens is 7. The van der Waals surface area contributed by atoms with Crippen LogP contribution in [0.2, 0.25) is 0 Å². The van der Waals surface area contributed by atoms with Crippen molar-refractivity contribution in [3.05, 3.63) is 0 Å². The van der Waals surface area contributed by atoms with Crippen LogP contribution in [0, 0.1) is 0 Å². The van der Waals surface area contributed by atoms with Crippen molar-refractivity contribution in [2.75, 3.05) is 0 Å². The molecule has 0 aliphatic heterocycles. The molecule has 0 aliphatic rings. The lowest BCUT2D eigenvalue weighted by Gasteiger charge is -2.22. The van der Waals surface area contributed by atoms with E-state index in [2.05, 4.69) is 5.73 Å². The van der Waals surface area contributed by atoms with Crippen molar-refractivity contribution in [3.8, 4) is 0 Å². The molecular weight excluding hydrogens is 243 g/mol. The van der Waals surface area contributed by atoms with Gasteiger partial charge < -0.3 is 0 Å². The quantitative estimate of drug-likeness (QED) is 0.437. The highest BCUT2D eigenvalue weighted by atomic mass is 19.4. The van der Waals surface area contributed by atoms with Crippen molar-refractivity contribution in [3.63, 3.8) is 0 Å². The predicted molar refractivity (Wildman–Crippen MR) is 43.2 cm³/mol. The maximum atomic E-state index is 12.5. The molecule has 8 heteroatoms. The van der Waals surface area contributed by atoms with Gasteiger partial charge in [0.1, 0.15) is 0 Å². The second-order valence-corrected chi connectivity index (χ2v) is 3.50. The Labute approximate surface area is 87.8 Å². The molecule has 0 heterocycles. The van der Waals surface area contributed by atoms with Crippen LogP contribution in [0.15, 0.2) is 0 Å². The molecule has 0 bridgehead atoms. The molecule has 0 aliphatic carbocycles. The summed E-state index contributed by atoms with van der Waals surface area (Å²) in [5.74, 6) is -4.37. The van der Waals surface area contributed by atoms with Crippen molar-refractivity contribution in [1.29, 1.82) is 0 Å². The Kier molecular flexibility index (Phi) is 5.03. The average Bonchev–Trinajstić information content (AvgIpc) is 1.98. The van der Waals surface area contributed by atoms with E-state index in [1.807, 2.05) is 0 Å². The first kappa shape index (κ1) is 15.5. The number of hydrogen-bond donors (Lipinski definition) is 1. The smallest absolute Gasteiger partial charge is 0.267 e. The van der Waals surface area contributed by atoms with E-state index in [0.29, 0.717) is 0 Å². The molecule has 0 unspecified atom stereocenters. The summed E-state index contributed by atoms with van der Waals surface area (Å²) in [7, 11) is 0. The minimum Gasteiger partial charge on any atom is -0.267 e. The van der Waals surface area contributed by atoms with E-state index >= 15 is 0 Å². The van der Waals surface area contributed by atoms with Crippen LogP contribution in [0.1, 0.15) is 32.1 Å². The van der Waals surface area contributed by atoms with Crippen LogP contribution in [-0.2, 0) is 0 Å². The van der Waals surface area contributed by atoms with Gasteiger partial charge in [-0.2, -0.15) is 30.7 Å². The highest BCUT2D eigenvalue weighted by Gasteiger charge is 2.52. The third-order valence-electron chi connectivity index (χ3n) is 1.94. The van der Waals surface area contributed by atoms with Gasteiger partial charge in [0.15, 0.2) is 0 Å². The van der Waals surface area contributed by atoms with Gasteiger partial charge in [0, 0.05) is 12.8 Å². The molecule has 0 rings (SSSR count). The number of rotatable bonds is 6. The van der Waals surface area contributed by atoms with E-state index in [0.717, 1.165) is 0 Å². The van der Waals surface area contributed by atoms with E-state index in [1.54, 1.807) is 0 Å². The monoisotopic (exact) mass is 255 g/mol. The number of hydrogen-bond acceptors (Lipinski definition) is 1. The zero-order chi connectivity index (χ0) is 13.0. The Morgan fingerprint density at radius 3 is 1.50 bits per heavy atom. The maximum absolute atomic E-state index is 12.5. The first-order chi connectivity index (χ1) is 6.96. The third-order valence-corrected chi connectivity index (χ3v) is 1.94. The molecule has 98 valence electrons. The van der Waals surface area contributed by atoms with Crippen LogP contribution in [0.5, 0.6) is 0 Å². The van der Waals surface area contributed by atoms with Crippen molar-refractivity contribution < 1.29 is 30.7 Å². The number of unbranched alkanes of at least 4 members (excludes halogenated alkanes) is 2. The first-order valence-electron chi connectivity index (χ1n) is 4.57. The van der Waals surface area contributed by atoms with Crippen LogP contribution in [0.25, 0.3) is 0 Å². The van der Waals surface area contributed by atoms with Crippen LogP contribution in [0.3, 0.4) is 0 Å². The van der Waals surface area contributed by atoms with Gasteiger partial charge >= 0.3 is 18.1 Å². The molecule has 0 saturated carbocycles. The Morgan fingerprint density at radius 1 is 0.688 bits per heavy atom. The zero-order valence-corrected chi connectivity index (χ0v) is 8.26. The predicted octanol–water partition coefficient (Wildman–Crippen LogP) is 3.69. The second-order valence-electron chi connectivity index (χ2n) is 3.50. The molecule has 0 amide bonds. The van der Waals surface area contributed by atoms with E-state index in [1.165, 1.54) is 0 Å². The van der Waals surface area contributed by atoms with E-state index in [-0.39, 0.29) is 12.8 Å². The molecule has 0 fully saturated rings. The van der Waals surface area contributed by atoms with Gasteiger partial charge in [0.25, 0.3) is 0 Å². The van der Waals surface area contributed by atoms with Crippen LogP contribution in [0.4, 0.5) is 30.7 Å². The van der Waals surface area contributed by atoms with Crippen molar-refractivity contribution >= 4 is 0 Å². The minimum atomic E-state index is -4.63. The molecule has 0 saturated heterocycles. The summed E-state index contributed by atoms with van der Waals surface area (Å²) in [4.78, 5) is 0. The Balaban J connectivity index is 3.75. The van der Waals surface area contributed by atoms with Gasteiger partial charge in [-0.1, -0.05) is 6.42 Å². The van der Waals surface area contributed by atoms with Gasteiger partial charge in [-0.15, -0.1) is 0 Å². The molecule has 0 aromatic rings. The molecule has 0 aromatic carbocycles. The Bertz CT molecular complexity index is 205. The van der Waals surface area contributed by atoms with E-state index < -0.39 is 37.4 Å². The van der Waals surface area contributed by atoms with Crippen molar-refractivity contribution in [1.82, 2.24) is 0 Å². The van der Waals surface area contributed by atoms with Crippen LogP contribution < -0.4 is 5.73 Å². The van der Waals surface area contributed by atoms with Crippen LogP contribution in [-0.4, -0.2) is 18.1 Å². The van der Waals surface area contributed by atoms with Gasteiger partial charge in [0.05, 0.1) is 0 Å². The van der Waals surface area contributed by atoms with E-state index in [9.17, 15) is 30.7 Å². The maximum Gasteiger partial charge on any atom is 0.389 e. The molecular formula is C8H12F7N. The molecule has 0 aromatic heterocycles. The Morgan fingerprint density at radius 2 is 1.12 bits per heavy atom. The van der Waals surface area contributed by atoms with Crippen LogP contribution >= 0.6 is 0 Å². The normalized spacial score (nSPS) is 14.2. The van der Waals surface area contributed by atoms with Gasteiger partial charge in [-0.3, -0.25) is 5.73 Å². The SMILES string of the molecule is NC(F)(F)C(F)(F)CCCCCC(F)(F)F. The number of nitrogens with two attached hydrogens (primary N) is 1. The summed E-state index contributed by atoms with van der Waals surface area (Å²) in [5.41, 5.74) is 3.93. The lowest BCUT2D eigenvalue weighted by atomic mass is 10.1. The molecule has 0 atom stereocenters. The zero-order valence-electron chi connectivity index (χ0n) is 8.26. The summed E-state index contributed by atoms with van der Waals surface area (Å²) in [5, 5.41) is 0. The minimum absolute atomic E-state index is 0.189. The average molecular weight is 255 g/mol. The fourth-order valence-corrected chi connectivity index (χ4v) is 1.02. The third kappa shape index (κ3) is 6.14. The summed E-state index contributed by atoms with van der Waals surface area (Å²) >= 11 is 0. The number of alkyl halides is 7. The molecule has 0 spiro atoms. The molecule has 2 N–H and O–H groups in total. The highest BCUT2D eigenvalue weighted by molar-refractivity contribution is 4.78. The summed E-state index contributed by atoms with van der Waals surface area (Å²) in [6, 6.07) is -4.63. The first-order valence-corrected chi connectivity index (χ1v) is 4.57. The lowest BCUT2D eigenvalue weighted by molar-refractivity contribution is -0.209. The second kappa shape index (κ2) is 5.20. The van der Waals surface area contributed by atoms with Crippen molar-refractivity contribution in [2.45, 2.75) is 50.2 Å². The fraction of sp³-hybridized carbons (Fsp3) is 1.00. The summed E-state index contributed by atoms with van der Waals surface area (Å²) < 4.78 is 83.9. The topological polar surface area (TPSA) is 26.0 Å². The molecule has 0 radical (unpaired) electrons.